The molecule has 4 rings (SSSR count). The van der Waals surface area contributed by atoms with Crippen molar-refractivity contribution < 1.29 is 4.79 Å². The average Bonchev–Trinajstić information content (AvgIpc) is 2.68. The van der Waals surface area contributed by atoms with Gasteiger partial charge in [-0.05, 0) is 42.5 Å². The lowest BCUT2D eigenvalue weighted by Crippen LogP contribution is -2.46. The highest BCUT2D eigenvalue weighted by atomic mass is 35.5. The molecule has 6 heteroatoms. The molecule has 2 aromatic rings. The fourth-order valence-electron chi connectivity index (χ4n) is 3.81. The second-order valence-corrected chi connectivity index (χ2v) is 7.17. The predicted octanol–water partition coefficient (Wildman–Crippen LogP) is 2.93. The van der Waals surface area contributed by atoms with Gasteiger partial charge in [-0.15, -0.1) is 10.2 Å². The lowest BCUT2D eigenvalue weighted by Gasteiger charge is -2.37. The van der Waals surface area contributed by atoms with E-state index in [9.17, 15) is 4.79 Å². The first-order valence-corrected chi connectivity index (χ1v) is 9.18. The van der Waals surface area contributed by atoms with E-state index in [0.29, 0.717) is 11.7 Å². The third-order valence-corrected chi connectivity index (χ3v) is 5.36. The van der Waals surface area contributed by atoms with Crippen LogP contribution in [0.2, 0.25) is 5.15 Å². The maximum Gasteiger partial charge on any atom is 0.227 e. The highest BCUT2D eigenvalue weighted by Gasteiger charge is 2.31. The topological polar surface area (TPSA) is 49.3 Å². The van der Waals surface area contributed by atoms with Crippen LogP contribution in [0.3, 0.4) is 0 Å². The van der Waals surface area contributed by atoms with E-state index in [1.807, 2.05) is 17.0 Å². The first-order valence-electron chi connectivity index (χ1n) is 8.80. The van der Waals surface area contributed by atoms with Crippen molar-refractivity contribution in [2.24, 2.45) is 5.92 Å². The summed E-state index contributed by atoms with van der Waals surface area (Å²) in [6.45, 7) is 3.15. The van der Waals surface area contributed by atoms with Gasteiger partial charge in [0, 0.05) is 26.2 Å². The molecule has 5 nitrogen and oxygen atoms in total. The second kappa shape index (κ2) is 7.00. The Bertz CT molecular complexity index is 764. The highest BCUT2D eigenvalue weighted by Crippen LogP contribution is 2.26. The number of amides is 1. The highest BCUT2D eigenvalue weighted by molar-refractivity contribution is 6.29. The summed E-state index contributed by atoms with van der Waals surface area (Å²) >= 11 is 5.82. The zero-order valence-electron chi connectivity index (χ0n) is 14.1. The van der Waals surface area contributed by atoms with Gasteiger partial charge in [-0.1, -0.05) is 35.9 Å². The van der Waals surface area contributed by atoms with Crippen molar-refractivity contribution in [1.29, 1.82) is 0 Å². The van der Waals surface area contributed by atoms with Gasteiger partial charge < -0.3 is 9.80 Å². The summed E-state index contributed by atoms with van der Waals surface area (Å²) < 4.78 is 0. The van der Waals surface area contributed by atoms with Gasteiger partial charge in [-0.3, -0.25) is 4.79 Å². The minimum absolute atomic E-state index is 0.0245. The number of aromatic nitrogens is 2. The van der Waals surface area contributed by atoms with Crippen LogP contribution in [0.15, 0.2) is 36.4 Å². The Morgan fingerprint density at radius 2 is 1.92 bits per heavy atom. The van der Waals surface area contributed by atoms with Gasteiger partial charge in [-0.2, -0.15) is 0 Å². The number of hydrogen-bond donors (Lipinski definition) is 0. The number of benzene rings is 1. The van der Waals surface area contributed by atoms with Crippen LogP contribution >= 0.6 is 11.6 Å². The smallest absolute Gasteiger partial charge is 0.227 e. The summed E-state index contributed by atoms with van der Waals surface area (Å²) in [5.41, 5.74) is 2.64. The molecular weight excluding hydrogens is 336 g/mol. The Hall–Kier alpha value is -2.14. The summed E-state index contributed by atoms with van der Waals surface area (Å²) in [5, 5.41) is 8.46. The Kier molecular flexibility index (Phi) is 4.57. The minimum Gasteiger partial charge on any atom is -0.354 e. The van der Waals surface area contributed by atoms with Crippen LogP contribution in [0.4, 0.5) is 5.82 Å². The first kappa shape index (κ1) is 16.3. The Balaban J connectivity index is 1.44. The lowest BCUT2D eigenvalue weighted by molar-refractivity contribution is -0.136. The van der Waals surface area contributed by atoms with Gasteiger partial charge in [0.15, 0.2) is 11.0 Å². The molecule has 0 unspecified atom stereocenters. The zero-order valence-corrected chi connectivity index (χ0v) is 14.8. The van der Waals surface area contributed by atoms with Crippen LogP contribution in [-0.2, 0) is 17.8 Å². The molecule has 130 valence electrons. The third kappa shape index (κ3) is 3.47. The largest absolute Gasteiger partial charge is 0.354 e. The van der Waals surface area contributed by atoms with Crippen molar-refractivity contribution in [3.8, 4) is 0 Å². The number of fused-ring (bicyclic) bond motifs is 1. The molecule has 1 aromatic heterocycles. The van der Waals surface area contributed by atoms with Gasteiger partial charge in [0.1, 0.15) is 0 Å². The van der Waals surface area contributed by atoms with Crippen LogP contribution in [0, 0.1) is 5.92 Å². The fourth-order valence-corrected chi connectivity index (χ4v) is 3.91. The van der Waals surface area contributed by atoms with Crippen LogP contribution < -0.4 is 4.90 Å². The van der Waals surface area contributed by atoms with E-state index in [4.69, 9.17) is 11.6 Å². The first-order chi connectivity index (χ1) is 12.2. The molecule has 2 aliphatic heterocycles. The SMILES string of the molecule is O=C([C@@H]1CCCN(c2ccc(Cl)nn2)C1)N1CCc2ccccc2C1. The summed E-state index contributed by atoms with van der Waals surface area (Å²) in [5.74, 6) is 1.09. The van der Waals surface area contributed by atoms with Crippen LogP contribution in [0.1, 0.15) is 24.0 Å². The fraction of sp³-hybridized carbons (Fsp3) is 0.421. The number of carbonyl (C=O) groups excluding carboxylic acids is 1. The van der Waals surface area contributed by atoms with Gasteiger partial charge >= 0.3 is 0 Å². The van der Waals surface area contributed by atoms with E-state index < -0.39 is 0 Å². The monoisotopic (exact) mass is 356 g/mol. The minimum atomic E-state index is 0.0245. The molecule has 0 bridgehead atoms. The molecule has 1 saturated heterocycles. The molecule has 0 radical (unpaired) electrons. The number of nitrogens with zero attached hydrogens (tertiary/aromatic N) is 4. The molecule has 0 spiro atoms. The molecule has 2 aliphatic rings. The van der Waals surface area contributed by atoms with Gasteiger partial charge in [0.25, 0.3) is 0 Å². The van der Waals surface area contributed by atoms with E-state index in [1.165, 1.54) is 11.1 Å². The summed E-state index contributed by atoms with van der Waals surface area (Å²) in [6, 6.07) is 12.0. The molecule has 1 amide bonds. The Morgan fingerprint density at radius 3 is 2.72 bits per heavy atom. The van der Waals surface area contributed by atoms with E-state index in [1.54, 1.807) is 6.07 Å². The van der Waals surface area contributed by atoms with Crippen molar-refractivity contribution in [2.75, 3.05) is 24.5 Å². The molecule has 0 saturated carbocycles. The molecule has 3 heterocycles. The molecule has 1 atom stereocenters. The summed E-state index contributed by atoms with van der Waals surface area (Å²) in [7, 11) is 0. The van der Waals surface area contributed by atoms with E-state index in [-0.39, 0.29) is 11.8 Å². The molecule has 0 aliphatic carbocycles. The van der Waals surface area contributed by atoms with E-state index in [2.05, 4.69) is 33.3 Å². The maximum absolute atomic E-state index is 13.0. The third-order valence-electron chi connectivity index (χ3n) is 5.15. The lowest BCUT2D eigenvalue weighted by atomic mass is 9.94. The summed E-state index contributed by atoms with van der Waals surface area (Å²) in [4.78, 5) is 17.2. The number of carbonyl (C=O) groups is 1. The normalized spacial score (nSPS) is 20.3. The molecule has 25 heavy (non-hydrogen) atoms. The second-order valence-electron chi connectivity index (χ2n) is 6.78. The van der Waals surface area contributed by atoms with Crippen LogP contribution in [-0.4, -0.2) is 40.6 Å². The quantitative estimate of drug-likeness (QED) is 0.830. The standard InChI is InChI=1S/C19H21ClN4O/c20-17-7-8-18(22-21-17)23-10-3-6-16(13-23)19(25)24-11-9-14-4-1-2-5-15(14)12-24/h1-2,4-5,7-8,16H,3,6,9-13H2/t16-/m1/s1. The van der Waals surface area contributed by atoms with Crippen molar-refractivity contribution in [1.82, 2.24) is 15.1 Å². The van der Waals surface area contributed by atoms with Gasteiger partial charge in [-0.25, -0.2) is 0 Å². The molecule has 1 fully saturated rings. The predicted molar refractivity (Wildman–Crippen MR) is 97.5 cm³/mol. The van der Waals surface area contributed by atoms with Gasteiger partial charge in [0.2, 0.25) is 5.91 Å². The van der Waals surface area contributed by atoms with Crippen LogP contribution in [0.5, 0.6) is 0 Å². The Labute approximate surface area is 152 Å². The number of hydrogen-bond acceptors (Lipinski definition) is 4. The van der Waals surface area contributed by atoms with Crippen LogP contribution in [0.25, 0.3) is 0 Å². The zero-order chi connectivity index (χ0) is 17.2. The maximum atomic E-state index is 13.0. The number of anilines is 1. The number of piperidine rings is 1. The molecule has 0 N–H and O–H groups in total. The van der Waals surface area contributed by atoms with Crippen molar-refractivity contribution in [3.05, 3.63) is 52.7 Å². The van der Waals surface area contributed by atoms with Crippen molar-refractivity contribution in [3.63, 3.8) is 0 Å². The van der Waals surface area contributed by atoms with Crippen molar-refractivity contribution >= 4 is 23.3 Å². The summed E-state index contributed by atoms with van der Waals surface area (Å²) in [6.07, 6.45) is 2.88. The molecule has 1 aromatic carbocycles. The Morgan fingerprint density at radius 1 is 1.08 bits per heavy atom. The van der Waals surface area contributed by atoms with E-state index in [0.717, 1.165) is 44.7 Å². The van der Waals surface area contributed by atoms with Gasteiger partial charge in [0.05, 0.1) is 5.92 Å². The van der Waals surface area contributed by atoms with E-state index >= 15 is 0 Å². The number of halogens is 1. The molecular formula is C19H21ClN4O. The average molecular weight is 357 g/mol. The van der Waals surface area contributed by atoms with Crippen molar-refractivity contribution in [2.45, 2.75) is 25.8 Å². The number of rotatable bonds is 2.